The molecule has 6 heteroatoms. The Hall–Kier alpha value is -2.11. The Balaban J connectivity index is 2.53. The lowest BCUT2D eigenvalue weighted by atomic mass is 10.3. The fraction of sp³-hybridized carbons (Fsp3) is 0.300. The minimum atomic E-state index is -0.178. The Morgan fingerprint density at radius 3 is 2.81 bits per heavy atom. The van der Waals surface area contributed by atoms with E-state index >= 15 is 0 Å². The van der Waals surface area contributed by atoms with Crippen LogP contribution in [0.2, 0.25) is 0 Å². The number of pyridine rings is 1. The van der Waals surface area contributed by atoms with Crippen LogP contribution in [-0.2, 0) is 4.79 Å². The van der Waals surface area contributed by atoms with Crippen LogP contribution in [0.15, 0.2) is 12.1 Å². The predicted molar refractivity (Wildman–Crippen MR) is 61.6 cm³/mol. The Morgan fingerprint density at radius 1 is 1.44 bits per heavy atom. The van der Waals surface area contributed by atoms with Crippen LogP contribution in [0.4, 0.5) is 11.6 Å². The van der Waals surface area contributed by atoms with Gasteiger partial charge in [0.05, 0.1) is 11.4 Å². The summed E-state index contributed by atoms with van der Waals surface area (Å²) in [5.74, 6) is 0.145. The molecule has 2 aromatic heterocycles. The highest BCUT2D eigenvalue weighted by Gasteiger charge is 2.08. The fourth-order valence-corrected chi connectivity index (χ4v) is 1.55. The van der Waals surface area contributed by atoms with Crippen molar-refractivity contribution in [3.63, 3.8) is 0 Å². The first-order valence-corrected chi connectivity index (χ1v) is 4.93. The molecule has 84 valence electrons. The van der Waals surface area contributed by atoms with Gasteiger partial charge in [-0.2, -0.15) is 4.98 Å². The van der Waals surface area contributed by atoms with Crippen molar-refractivity contribution in [1.82, 2.24) is 14.6 Å². The van der Waals surface area contributed by atoms with Crippen molar-refractivity contribution in [1.29, 1.82) is 0 Å². The first-order valence-electron chi connectivity index (χ1n) is 4.93. The van der Waals surface area contributed by atoms with Crippen LogP contribution in [0.5, 0.6) is 0 Å². The van der Waals surface area contributed by atoms with Crippen molar-refractivity contribution in [3.05, 3.63) is 17.8 Å². The molecule has 0 atom stereocenters. The van der Waals surface area contributed by atoms with Crippen LogP contribution in [0.25, 0.3) is 5.65 Å². The fourth-order valence-electron chi connectivity index (χ4n) is 1.55. The zero-order chi connectivity index (χ0) is 11.7. The predicted octanol–water partition coefficient (Wildman–Crippen LogP) is 1.04. The molecule has 2 rings (SSSR count). The number of nitrogens with one attached hydrogen (secondary N) is 2. The molecule has 2 aromatic rings. The van der Waals surface area contributed by atoms with E-state index in [0.29, 0.717) is 11.6 Å². The third kappa shape index (κ3) is 1.69. The zero-order valence-corrected chi connectivity index (χ0v) is 9.40. The van der Waals surface area contributed by atoms with Gasteiger partial charge in [-0.15, -0.1) is 5.10 Å². The quantitative estimate of drug-likeness (QED) is 0.791. The van der Waals surface area contributed by atoms with Gasteiger partial charge in [-0.1, -0.05) is 0 Å². The van der Waals surface area contributed by atoms with Crippen LogP contribution in [0, 0.1) is 6.92 Å². The van der Waals surface area contributed by atoms with Crippen LogP contribution >= 0.6 is 0 Å². The second-order valence-electron chi connectivity index (χ2n) is 3.47. The molecule has 0 aliphatic rings. The Kier molecular flexibility index (Phi) is 2.47. The van der Waals surface area contributed by atoms with E-state index in [1.54, 1.807) is 4.52 Å². The van der Waals surface area contributed by atoms with Crippen molar-refractivity contribution >= 4 is 23.2 Å². The van der Waals surface area contributed by atoms with Gasteiger partial charge in [-0.25, -0.2) is 4.52 Å². The summed E-state index contributed by atoms with van der Waals surface area (Å²) in [5, 5.41) is 9.81. The van der Waals surface area contributed by atoms with E-state index in [1.807, 2.05) is 26.1 Å². The van der Waals surface area contributed by atoms with E-state index in [2.05, 4.69) is 20.7 Å². The molecule has 6 nitrogen and oxygen atoms in total. The molecule has 0 saturated carbocycles. The normalized spacial score (nSPS) is 10.4. The SMILES string of the molecule is CNc1ccc2nc(NC(C)=O)nn2c1C. The van der Waals surface area contributed by atoms with Crippen LogP contribution in [0.3, 0.4) is 0 Å². The van der Waals surface area contributed by atoms with Crippen LogP contribution in [-0.4, -0.2) is 27.6 Å². The van der Waals surface area contributed by atoms with Gasteiger partial charge < -0.3 is 5.32 Å². The zero-order valence-electron chi connectivity index (χ0n) is 9.40. The lowest BCUT2D eigenvalue weighted by Crippen LogP contribution is -2.07. The molecule has 0 aromatic carbocycles. The summed E-state index contributed by atoms with van der Waals surface area (Å²) in [5.41, 5.74) is 2.64. The van der Waals surface area contributed by atoms with E-state index in [-0.39, 0.29) is 5.91 Å². The summed E-state index contributed by atoms with van der Waals surface area (Å²) in [6.07, 6.45) is 0. The molecule has 2 N–H and O–H groups in total. The monoisotopic (exact) mass is 219 g/mol. The number of rotatable bonds is 2. The van der Waals surface area contributed by atoms with Gasteiger partial charge in [0, 0.05) is 14.0 Å². The molecule has 0 saturated heterocycles. The summed E-state index contributed by atoms with van der Waals surface area (Å²) in [6.45, 7) is 3.36. The average molecular weight is 219 g/mol. The molecule has 0 radical (unpaired) electrons. The minimum absolute atomic E-state index is 0.178. The Bertz CT molecular complexity index is 545. The van der Waals surface area contributed by atoms with Crippen molar-refractivity contribution in [2.24, 2.45) is 0 Å². The number of carbonyl (C=O) groups is 1. The molecule has 0 aliphatic heterocycles. The molecule has 2 heterocycles. The van der Waals surface area contributed by atoms with Gasteiger partial charge in [0.1, 0.15) is 0 Å². The smallest absolute Gasteiger partial charge is 0.249 e. The summed E-state index contributed by atoms with van der Waals surface area (Å²) in [7, 11) is 1.85. The van der Waals surface area contributed by atoms with Crippen molar-refractivity contribution in [2.75, 3.05) is 17.7 Å². The number of aryl methyl sites for hydroxylation is 1. The van der Waals surface area contributed by atoms with E-state index in [0.717, 1.165) is 11.4 Å². The lowest BCUT2D eigenvalue weighted by Gasteiger charge is -2.04. The molecule has 0 unspecified atom stereocenters. The highest BCUT2D eigenvalue weighted by molar-refractivity contribution is 5.86. The summed E-state index contributed by atoms with van der Waals surface area (Å²) < 4.78 is 1.69. The second-order valence-corrected chi connectivity index (χ2v) is 3.47. The minimum Gasteiger partial charge on any atom is -0.387 e. The molecular formula is C10H13N5O. The number of nitrogens with zero attached hydrogens (tertiary/aromatic N) is 3. The number of aromatic nitrogens is 3. The first kappa shape index (κ1) is 10.4. The van der Waals surface area contributed by atoms with Gasteiger partial charge in [-0.05, 0) is 19.1 Å². The Morgan fingerprint density at radius 2 is 2.19 bits per heavy atom. The lowest BCUT2D eigenvalue weighted by molar-refractivity contribution is -0.114. The standard InChI is InChI=1S/C10H13N5O/c1-6-8(11-3)4-5-9-13-10(12-7(2)16)14-15(6)9/h4-5,11H,1-3H3,(H,12,14,16). The van der Waals surface area contributed by atoms with Gasteiger partial charge >= 0.3 is 0 Å². The molecule has 0 aliphatic carbocycles. The third-order valence-electron chi connectivity index (χ3n) is 2.30. The number of hydrogen-bond acceptors (Lipinski definition) is 4. The number of carbonyl (C=O) groups excluding carboxylic acids is 1. The highest BCUT2D eigenvalue weighted by Crippen LogP contribution is 2.16. The molecular weight excluding hydrogens is 206 g/mol. The summed E-state index contributed by atoms with van der Waals surface area (Å²) in [6, 6.07) is 3.77. The van der Waals surface area contributed by atoms with E-state index < -0.39 is 0 Å². The topological polar surface area (TPSA) is 71.3 Å². The number of amides is 1. The van der Waals surface area contributed by atoms with Crippen LogP contribution in [0.1, 0.15) is 12.6 Å². The van der Waals surface area contributed by atoms with Crippen LogP contribution < -0.4 is 10.6 Å². The summed E-state index contributed by atoms with van der Waals surface area (Å²) >= 11 is 0. The maximum Gasteiger partial charge on any atom is 0.249 e. The average Bonchev–Trinajstić information content (AvgIpc) is 2.61. The van der Waals surface area contributed by atoms with Crippen molar-refractivity contribution in [2.45, 2.75) is 13.8 Å². The van der Waals surface area contributed by atoms with Gasteiger partial charge in [0.25, 0.3) is 0 Å². The molecule has 0 spiro atoms. The highest BCUT2D eigenvalue weighted by atomic mass is 16.1. The maximum atomic E-state index is 10.9. The van der Waals surface area contributed by atoms with E-state index in [1.165, 1.54) is 6.92 Å². The number of anilines is 2. The van der Waals surface area contributed by atoms with Crippen molar-refractivity contribution < 1.29 is 4.79 Å². The second kappa shape index (κ2) is 3.80. The van der Waals surface area contributed by atoms with Crippen molar-refractivity contribution in [3.8, 4) is 0 Å². The molecule has 1 amide bonds. The third-order valence-corrected chi connectivity index (χ3v) is 2.30. The molecule has 16 heavy (non-hydrogen) atoms. The van der Waals surface area contributed by atoms with Gasteiger partial charge in [0.2, 0.25) is 11.9 Å². The summed E-state index contributed by atoms with van der Waals surface area (Å²) in [4.78, 5) is 15.1. The number of hydrogen-bond donors (Lipinski definition) is 2. The Labute approximate surface area is 92.7 Å². The van der Waals surface area contributed by atoms with Gasteiger partial charge in [-0.3, -0.25) is 10.1 Å². The molecule has 0 fully saturated rings. The van der Waals surface area contributed by atoms with E-state index in [9.17, 15) is 4.79 Å². The largest absolute Gasteiger partial charge is 0.387 e. The van der Waals surface area contributed by atoms with Gasteiger partial charge in [0.15, 0.2) is 5.65 Å². The number of fused-ring (bicyclic) bond motifs is 1. The maximum absolute atomic E-state index is 10.9. The first-order chi connectivity index (χ1) is 7.61. The molecule has 0 bridgehead atoms. The van der Waals surface area contributed by atoms with E-state index in [4.69, 9.17) is 0 Å².